The van der Waals surface area contributed by atoms with Gasteiger partial charge in [-0.25, -0.2) is 14.6 Å². The third-order valence-electron chi connectivity index (χ3n) is 7.05. The Morgan fingerprint density at radius 1 is 0.850 bits per heavy atom. The van der Waals surface area contributed by atoms with Crippen molar-refractivity contribution in [2.45, 2.75) is 0 Å². The molecule has 6 rings (SSSR count). The molecule has 10 heteroatoms. The lowest BCUT2D eigenvalue weighted by molar-refractivity contribution is 0.102. The van der Waals surface area contributed by atoms with E-state index in [0.717, 1.165) is 65.9 Å². The molecule has 202 valence electrons. The zero-order valence-corrected chi connectivity index (χ0v) is 22.3. The average Bonchev–Trinajstić information content (AvgIpc) is 3.46. The van der Waals surface area contributed by atoms with E-state index < -0.39 is 0 Å². The highest BCUT2D eigenvalue weighted by atomic mass is 16.5. The number of nitrogens with one attached hydrogen (secondary N) is 1. The van der Waals surface area contributed by atoms with Crippen molar-refractivity contribution in [2.75, 3.05) is 55.5 Å². The fourth-order valence-electron chi connectivity index (χ4n) is 4.96. The van der Waals surface area contributed by atoms with Crippen LogP contribution in [-0.4, -0.2) is 66.1 Å². The second-order valence-electron chi connectivity index (χ2n) is 9.37. The lowest BCUT2D eigenvalue weighted by atomic mass is 10.1. The first-order valence-corrected chi connectivity index (χ1v) is 13.0. The second-order valence-corrected chi connectivity index (χ2v) is 9.37. The normalized spacial score (nSPS) is 13.3. The van der Waals surface area contributed by atoms with Crippen LogP contribution in [0.2, 0.25) is 0 Å². The van der Waals surface area contributed by atoms with Crippen LogP contribution in [0.4, 0.5) is 17.2 Å². The Hall–Kier alpha value is -5.12. The van der Waals surface area contributed by atoms with E-state index in [-0.39, 0.29) is 5.91 Å². The van der Waals surface area contributed by atoms with Crippen LogP contribution in [0, 0.1) is 0 Å². The van der Waals surface area contributed by atoms with Crippen LogP contribution in [0.15, 0.2) is 85.3 Å². The van der Waals surface area contributed by atoms with Crippen molar-refractivity contribution in [3.05, 3.63) is 90.9 Å². The topological polar surface area (TPSA) is 97.6 Å². The molecule has 3 aromatic carbocycles. The van der Waals surface area contributed by atoms with Gasteiger partial charge in [-0.15, -0.1) is 0 Å². The van der Waals surface area contributed by atoms with Gasteiger partial charge in [-0.2, -0.15) is 5.10 Å². The fourth-order valence-corrected chi connectivity index (χ4v) is 4.96. The SMILES string of the molecule is COc1ccc(NC(=O)c2ccc(OC)c(N3CCN(c4ncnc5c4cnn5-c4ccccc4)CC3)c2)cc1. The Morgan fingerprint density at radius 3 is 2.33 bits per heavy atom. The van der Waals surface area contributed by atoms with Crippen molar-refractivity contribution in [2.24, 2.45) is 0 Å². The molecule has 1 amide bonds. The van der Waals surface area contributed by atoms with Gasteiger partial charge in [-0.1, -0.05) is 18.2 Å². The van der Waals surface area contributed by atoms with Gasteiger partial charge in [0.05, 0.1) is 37.2 Å². The van der Waals surface area contributed by atoms with Gasteiger partial charge in [0.2, 0.25) is 0 Å². The molecule has 1 fully saturated rings. The van der Waals surface area contributed by atoms with Crippen LogP contribution >= 0.6 is 0 Å². The van der Waals surface area contributed by atoms with Gasteiger partial charge in [-0.3, -0.25) is 4.79 Å². The molecule has 5 aromatic rings. The molecule has 0 bridgehead atoms. The monoisotopic (exact) mass is 535 g/mol. The quantitative estimate of drug-likeness (QED) is 0.327. The number of rotatable bonds is 7. The number of ether oxygens (including phenoxy) is 2. The number of anilines is 3. The maximum Gasteiger partial charge on any atom is 0.255 e. The zero-order chi connectivity index (χ0) is 27.5. The summed E-state index contributed by atoms with van der Waals surface area (Å²) in [5.74, 6) is 2.14. The predicted octanol–water partition coefficient (Wildman–Crippen LogP) is 4.41. The Labute approximate surface area is 231 Å². The maximum absolute atomic E-state index is 13.0. The molecule has 3 heterocycles. The van der Waals surface area contributed by atoms with E-state index in [1.54, 1.807) is 26.6 Å². The number of carbonyl (C=O) groups excluding carboxylic acids is 1. The smallest absolute Gasteiger partial charge is 0.255 e. The molecule has 0 unspecified atom stereocenters. The number of aromatic nitrogens is 4. The van der Waals surface area contributed by atoms with E-state index in [4.69, 9.17) is 9.47 Å². The zero-order valence-electron chi connectivity index (χ0n) is 22.3. The summed E-state index contributed by atoms with van der Waals surface area (Å²) in [6.45, 7) is 2.96. The predicted molar refractivity (Wildman–Crippen MR) is 155 cm³/mol. The van der Waals surface area contributed by atoms with E-state index in [2.05, 4.69) is 30.2 Å². The molecule has 0 saturated carbocycles. The van der Waals surface area contributed by atoms with Gasteiger partial charge in [0, 0.05) is 37.4 Å². The van der Waals surface area contributed by atoms with Gasteiger partial charge in [0.25, 0.3) is 5.91 Å². The number of hydrogen-bond donors (Lipinski definition) is 1. The van der Waals surface area contributed by atoms with Crippen molar-refractivity contribution in [3.8, 4) is 17.2 Å². The van der Waals surface area contributed by atoms with Gasteiger partial charge in [0.15, 0.2) is 5.65 Å². The number of fused-ring (bicyclic) bond motifs is 1. The number of para-hydroxylation sites is 1. The van der Waals surface area contributed by atoms with Crippen molar-refractivity contribution in [1.82, 2.24) is 19.7 Å². The van der Waals surface area contributed by atoms with E-state index in [0.29, 0.717) is 11.3 Å². The molecule has 0 atom stereocenters. The van der Waals surface area contributed by atoms with Gasteiger partial charge < -0.3 is 24.6 Å². The number of methoxy groups -OCH3 is 2. The molecule has 1 saturated heterocycles. The molecule has 2 aromatic heterocycles. The van der Waals surface area contributed by atoms with Crippen LogP contribution in [0.25, 0.3) is 16.7 Å². The molecule has 1 N–H and O–H groups in total. The fraction of sp³-hybridized carbons (Fsp3) is 0.200. The minimum absolute atomic E-state index is 0.188. The lowest BCUT2D eigenvalue weighted by Gasteiger charge is -2.37. The molecule has 0 aliphatic carbocycles. The summed E-state index contributed by atoms with van der Waals surface area (Å²) in [6.07, 6.45) is 3.43. The summed E-state index contributed by atoms with van der Waals surface area (Å²) < 4.78 is 12.7. The van der Waals surface area contributed by atoms with Crippen molar-refractivity contribution >= 4 is 34.1 Å². The average molecular weight is 536 g/mol. The number of carbonyl (C=O) groups is 1. The third-order valence-corrected chi connectivity index (χ3v) is 7.05. The van der Waals surface area contributed by atoms with E-state index in [1.807, 2.05) is 77.6 Å². The van der Waals surface area contributed by atoms with Crippen molar-refractivity contribution < 1.29 is 14.3 Å². The molecule has 1 aliphatic rings. The molecule has 0 radical (unpaired) electrons. The number of amides is 1. The van der Waals surface area contributed by atoms with Gasteiger partial charge in [-0.05, 0) is 54.6 Å². The summed E-state index contributed by atoms with van der Waals surface area (Å²) in [7, 11) is 3.26. The Bertz CT molecular complexity index is 1630. The minimum Gasteiger partial charge on any atom is -0.497 e. The second kappa shape index (κ2) is 10.9. The van der Waals surface area contributed by atoms with Crippen LogP contribution in [0.5, 0.6) is 11.5 Å². The van der Waals surface area contributed by atoms with Gasteiger partial charge >= 0.3 is 0 Å². The van der Waals surface area contributed by atoms with Crippen LogP contribution in [-0.2, 0) is 0 Å². The highest BCUT2D eigenvalue weighted by Gasteiger charge is 2.24. The molecular formula is C30H29N7O3. The largest absolute Gasteiger partial charge is 0.497 e. The summed E-state index contributed by atoms with van der Waals surface area (Å²) in [5, 5.41) is 8.45. The highest BCUT2D eigenvalue weighted by molar-refractivity contribution is 6.05. The Kier molecular flexibility index (Phi) is 6.88. The summed E-state index contributed by atoms with van der Waals surface area (Å²) >= 11 is 0. The maximum atomic E-state index is 13.0. The first kappa shape index (κ1) is 25.2. The summed E-state index contributed by atoms with van der Waals surface area (Å²) in [5.41, 5.74) is 3.86. The van der Waals surface area contributed by atoms with Crippen LogP contribution in [0.1, 0.15) is 10.4 Å². The molecule has 0 spiro atoms. The minimum atomic E-state index is -0.188. The number of nitrogens with zero attached hydrogens (tertiary/aromatic N) is 6. The lowest BCUT2D eigenvalue weighted by Crippen LogP contribution is -2.47. The summed E-state index contributed by atoms with van der Waals surface area (Å²) in [6, 6.07) is 22.7. The highest BCUT2D eigenvalue weighted by Crippen LogP contribution is 2.32. The van der Waals surface area contributed by atoms with Crippen molar-refractivity contribution in [1.29, 1.82) is 0 Å². The van der Waals surface area contributed by atoms with Crippen LogP contribution in [0.3, 0.4) is 0 Å². The van der Waals surface area contributed by atoms with Crippen LogP contribution < -0.4 is 24.6 Å². The number of piperazine rings is 1. The number of benzene rings is 3. The molecular weight excluding hydrogens is 506 g/mol. The number of hydrogen-bond acceptors (Lipinski definition) is 8. The Morgan fingerprint density at radius 2 is 1.60 bits per heavy atom. The van der Waals surface area contributed by atoms with E-state index >= 15 is 0 Å². The van der Waals surface area contributed by atoms with E-state index in [1.165, 1.54) is 0 Å². The van der Waals surface area contributed by atoms with Gasteiger partial charge in [0.1, 0.15) is 23.6 Å². The first-order chi connectivity index (χ1) is 19.6. The first-order valence-electron chi connectivity index (χ1n) is 13.0. The van der Waals surface area contributed by atoms with Crippen molar-refractivity contribution in [3.63, 3.8) is 0 Å². The third kappa shape index (κ3) is 4.86. The molecule has 1 aliphatic heterocycles. The van der Waals surface area contributed by atoms with E-state index in [9.17, 15) is 4.79 Å². The molecule has 40 heavy (non-hydrogen) atoms. The Balaban J connectivity index is 1.19. The standard InChI is InChI=1S/C30H29N7O3/c1-39-24-11-9-22(10-12-24)34-30(38)21-8-13-27(40-2)26(18-21)35-14-16-36(17-15-35)28-25-19-33-37(29(25)32-20-31-28)23-6-4-3-5-7-23/h3-13,18-20H,14-17H2,1-2H3,(H,34,38). The summed E-state index contributed by atoms with van der Waals surface area (Å²) in [4.78, 5) is 26.7. The molecule has 10 nitrogen and oxygen atoms in total.